The second kappa shape index (κ2) is 4.19. The van der Waals surface area contributed by atoms with E-state index in [1.165, 1.54) is 0 Å². The number of alkyl halides is 1. The van der Waals surface area contributed by atoms with Crippen LogP contribution in [0.1, 0.15) is 13.3 Å². The molecule has 0 aromatic heterocycles. The van der Waals surface area contributed by atoms with Gasteiger partial charge < -0.3 is 9.80 Å². The molecule has 12 heavy (non-hydrogen) atoms. The molecule has 3 heteroatoms. The molecule has 72 valence electrons. The van der Waals surface area contributed by atoms with Gasteiger partial charge in [-0.3, -0.25) is 0 Å². The van der Waals surface area contributed by atoms with Gasteiger partial charge in [-0.2, -0.15) is 0 Å². The van der Waals surface area contributed by atoms with Gasteiger partial charge in [0.05, 0.1) is 0 Å². The molecule has 0 radical (unpaired) electrons. The van der Waals surface area contributed by atoms with Crippen molar-refractivity contribution < 1.29 is 4.39 Å². The van der Waals surface area contributed by atoms with E-state index in [-0.39, 0.29) is 6.04 Å². The van der Waals surface area contributed by atoms with Crippen LogP contribution in [-0.2, 0) is 0 Å². The lowest BCUT2D eigenvalue weighted by Gasteiger charge is -2.37. The van der Waals surface area contributed by atoms with Crippen LogP contribution in [0.2, 0.25) is 0 Å². The van der Waals surface area contributed by atoms with Crippen molar-refractivity contribution in [2.75, 3.05) is 33.7 Å². The number of rotatable bonds is 2. The van der Waals surface area contributed by atoms with Gasteiger partial charge in [-0.1, -0.05) is 6.92 Å². The van der Waals surface area contributed by atoms with Crippen LogP contribution < -0.4 is 0 Å². The summed E-state index contributed by atoms with van der Waals surface area (Å²) in [6.07, 6.45) is 0.288. The maximum atomic E-state index is 13.5. The van der Waals surface area contributed by atoms with Crippen molar-refractivity contribution in [3.05, 3.63) is 0 Å². The third-order valence-corrected chi connectivity index (χ3v) is 2.78. The normalized spacial score (nSPS) is 32.8. The molecule has 0 N–H and O–H groups in total. The first-order chi connectivity index (χ1) is 5.65. The zero-order chi connectivity index (χ0) is 9.14. The molecule has 0 aromatic rings. The minimum atomic E-state index is -0.673. The Hall–Kier alpha value is -0.150. The predicted molar refractivity (Wildman–Crippen MR) is 49.1 cm³/mol. The van der Waals surface area contributed by atoms with Gasteiger partial charge in [-0.25, -0.2) is 4.39 Å². The zero-order valence-corrected chi connectivity index (χ0v) is 8.26. The van der Waals surface area contributed by atoms with Crippen LogP contribution in [0.5, 0.6) is 0 Å². The van der Waals surface area contributed by atoms with Crippen LogP contribution in [0, 0.1) is 0 Å². The van der Waals surface area contributed by atoms with Crippen LogP contribution in [-0.4, -0.2) is 55.7 Å². The Kier molecular flexibility index (Phi) is 3.47. The van der Waals surface area contributed by atoms with E-state index in [0.717, 1.165) is 19.5 Å². The lowest BCUT2D eigenvalue weighted by atomic mass is 10.0. The Labute approximate surface area is 74.3 Å². The fourth-order valence-corrected chi connectivity index (χ4v) is 1.78. The fraction of sp³-hybridized carbons (Fsp3) is 1.00. The summed E-state index contributed by atoms with van der Waals surface area (Å²) >= 11 is 0. The summed E-state index contributed by atoms with van der Waals surface area (Å²) in [5, 5.41) is 0. The van der Waals surface area contributed by atoms with Crippen molar-refractivity contribution in [1.29, 1.82) is 0 Å². The minimum absolute atomic E-state index is 0.145. The SMILES string of the molecule is CCN(C)C1CCN(C)CC1F. The Morgan fingerprint density at radius 1 is 1.58 bits per heavy atom. The van der Waals surface area contributed by atoms with Crippen LogP contribution >= 0.6 is 0 Å². The number of hydrogen-bond donors (Lipinski definition) is 0. The molecule has 0 saturated carbocycles. The Morgan fingerprint density at radius 3 is 2.75 bits per heavy atom. The van der Waals surface area contributed by atoms with E-state index in [2.05, 4.69) is 16.7 Å². The van der Waals surface area contributed by atoms with Gasteiger partial charge in [-0.15, -0.1) is 0 Å². The molecule has 0 aromatic carbocycles. The van der Waals surface area contributed by atoms with Crippen LogP contribution in [0.4, 0.5) is 4.39 Å². The zero-order valence-electron chi connectivity index (χ0n) is 8.26. The van der Waals surface area contributed by atoms with Crippen molar-refractivity contribution in [3.8, 4) is 0 Å². The van der Waals surface area contributed by atoms with Crippen molar-refractivity contribution in [3.63, 3.8) is 0 Å². The molecule has 0 aliphatic carbocycles. The minimum Gasteiger partial charge on any atom is -0.303 e. The van der Waals surface area contributed by atoms with Gasteiger partial charge in [-0.05, 0) is 33.6 Å². The highest BCUT2D eigenvalue weighted by Gasteiger charge is 2.29. The van der Waals surface area contributed by atoms with Gasteiger partial charge in [0.2, 0.25) is 0 Å². The topological polar surface area (TPSA) is 6.48 Å². The number of likely N-dealkylation sites (tertiary alicyclic amines) is 1. The molecular formula is C9H19FN2. The van der Waals surface area contributed by atoms with Crippen molar-refractivity contribution in [2.45, 2.75) is 25.6 Å². The van der Waals surface area contributed by atoms with E-state index in [0.29, 0.717) is 6.54 Å². The van der Waals surface area contributed by atoms with Crippen molar-refractivity contribution in [1.82, 2.24) is 9.80 Å². The Balaban J connectivity index is 2.44. The second-order valence-electron chi connectivity index (χ2n) is 3.71. The molecule has 0 spiro atoms. The average Bonchev–Trinajstić information content (AvgIpc) is 2.03. The summed E-state index contributed by atoms with van der Waals surface area (Å²) in [5.74, 6) is 0. The molecule has 1 saturated heterocycles. The summed E-state index contributed by atoms with van der Waals surface area (Å²) in [6.45, 7) is 4.63. The van der Waals surface area contributed by atoms with E-state index in [9.17, 15) is 4.39 Å². The van der Waals surface area contributed by atoms with Crippen LogP contribution in [0.25, 0.3) is 0 Å². The van der Waals surface area contributed by atoms with Gasteiger partial charge in [0.15, 0.2) is 0 Å². The summed E-state index contributed by atoms with van der Waals surface area (Å²) in [6, 6.07) is 0.145. The van der Waals surface area contributed by atoms with Crippen molar-refractivity contribution in [2.24, 2.45) is 0 Å². The molecular weight excluding hydrogens is 155 g/mol. The third kappa shape index (κ3) is 2.17. The third-order valence-electron chi connectivity index (χ3n) is 2.78. The number of halogens is 1. The molecule has 2 atom stereocenters. The maximum Gasteiger partial charge on any atom is 0.128 e. The maximum absolute atomic E-state index is 13.5. The van der Waals surface area contributed by atoms with Crippen LogP contribution in [0.3, 0.4) is 0 Å². The molecule has 1 rings (SSSR count). The van der Waals surface area contributed by atoms with Gasteiger partial charge in [0.25, 0.3) is 0 Å². The Morgan fingerprint density at radius 2 is 2.25 bits per heavy atom. The fourth-order valence-electron chi connectivity index (χ4n) is 1.78. The van der Waals surface area contributed by atoms with E-state index < -0.39 is 6.17 Å². The molecule has 1 aliphatic rings. The first kappa shape index (κ1) is 9.93. The van der Waals surface area contributed by atoms with Gasteiger partial charge in [0, 0.05) is 12.6 Å². The van der Waals surface area contributed by atoms with Crippen LogP contribution in [0.15, 0.2) is 0 Å². The number of hydrogen-bond acceptors (Lipinski definition) is 2. The molecule has 0 bridgehead atoms. The van der Waals surface area contributed by atoms with E-state index in [1.54, 1.807) is 0 Å². The highest BCUT2D eigenvalue weighted by molar-refractivity contribution is 4.84. The highest BCUT2D eigenvalue weighted by Crippen LogP contribution is 2.17. The van der Waals surface area contributed by atoms with E-state index in [1.807, 2.05) is 14.1 Å². The predicted octanol–water partition coefficient (Wildman–Crippen LogP) is 0.980. The largest absolute Gasteiger partial charge is 0.303 e. The first-order valence-corrected chi connectivity index (χ1v) is 4.68. The lowest BCUT2D eigenvalue weighted by molar-refractivity contribution is 0.0606. The number of piperidine rings is 1. The summed E-state index contributed by atoms with van der Waals surface area (Å²) in [7, 11) is 3.98. The molecule has 1 fully saturated rings. The Bertz CT molecular complexity index is 140. The standard InChI is InChI=1S/C9H19FN2/c1-4-12(3)9-5-6-11(2)7-8(9)10/h8-9H,4-7H2,1-3H3. The second-order valence-corrected chi connectivity index (χ2v) is 3.71. The van der Waals surface area contributed by atoms with Gasteiger partial charge >= 0.3 is 0 Å². The summed E-state index contributed by atoms with van der Waals surface area (Å²) in [5.41, 5.74) is 0. The van der Waals surface area contributed by atoms with E-state index >= 15 is 0 Å². The molecule has 1 aliphatic heterocycles. The van der Waals surface area contributed by atoms with Crippen molar-refractivity contribution >= 4 is 0 Å². The molecule has 2 unspecified atom stereocenters. The molecule has 2 nitrogen and oxygen atoms in total. The quantitative estimate of drug-likeness (QED) is 0.616. The highest BCUT2D eigenvalue weighted by atomic mass is 19.1. The monoisotopic (exact) mass is 174 g/mol. The summed E-state index contributed by atoms with van der Waals surface area (Å²) in [4.78, 5) is 4.17. The summed E-state index contributed by atoms with van der Waals surface area (Å²) < 4.78 is 13.5. The smallest absolute Gasteiger partial charge is 0.128 e. The first-order valence-electron chi connectivity index (χ1n) is 4.68. The van der Waals surface area contributed by atoms with Gasteiger partial charge in [0.1, 0.15) is 6.17 Å². The lowest BCUT2D eigenvalue weighted by Crippen LogP contribution is -2.50. The average molecular weight is 174 g/mol. The van der Waals surface area contributed by atoms with E-state index in [4.69, 9.17) is 0 Å². The molecule has 0 amide bonds. The molecule has 1 heterocycles. The number of nitrogens with zero attached hydrogens (tertiary/aromatic N) is 2.